The molecule has 0 unspecified atom stereocenters. The van der Waals surface area contributed by atoms with Gasteiger partial charge in [-0.05, 0) is 49.6 Å². The largest absolute Gasteiger partial charge is 0.381 e. The number of aryl methyl sites for hydroxylation is 1. The summed E-state index contributed by atoms with van der Waals surface area (Å²) in [6, 6.07) is 9.90. The highest BCUT2D eigenvalue weighted by atomic mass is 19.1. The van der Waals surface area contributed by atoms with Crippen molar-refractivity contribution < 1.29 is 13.9 Å². The molecule has 1 aliphatic rings. The molecule has 0 aliphatic carbocycles. The molecular weight excluding hydrogens is 295 g/mol. The van der Waals surface area contributed by atoms with E-state index in [0.29, 0.717) is 37.3 Å². The van der Waals surface area contributed by atoms with E-state index in [1.807, 2.05) is 6.07 Å². The van der Waals surface area contributed by atoms with Gasteiger partial charge in [-0.15, -0.1) is 0 Å². The second-order valence-corrected chi connectivity index (χ2v) is 5.80. The third-order valence-corrected chi connectivity index (χ3v) is 4.33. The molecule has 1 saturated heterocycles. The summed E-state index contributed by atoms with van der Waals surface area (Å²) >= 11 is 0. The molecule has 2 heterocycles. The fourth-order valence-electron chi connectivity index (χ4n) is 3.00. The van der Waals surface area contributed by atoms with Gasteiger partial charge in [0.2, 0.25) is 0 Å². The number of hydrogen-bond donors (Lipinski definition) is 1. The third-order valence-electron chi connectivity index (χ3n) is 4.33. The van der Waals surface area contributed by atoms with E-state index in [0.717, 1.165) is 5.56 Å². The predicted molar refractivity (Wildman–Crippen MR) is 84.6 cm³/mol. The van der Waals surface area contributed by atoms with Crippen LogP contribution >= 0.6 is 0 Å². The number of carbonyl (C=O) groups is 1. The van der Waals surface area contributed by atoms with Crippen LogP contribution in [0.1, 0.15) is 34.5 Å². The Balaban J connectivity index is 1.94. The second kappa shape index (κ2) is 6.46. The predicted octanol–water partition coefficient (Wildman–Crippen LogP) is 2.96. The zero-order valence-corrected chi connectivity index (χ0v) is 13.0. The number of rotatable bonds is 3. The maximum atomic E-state index is 13.7. The third kappa shape index (κ3) is 3.24. The van der Waals surface area contributed by atoms with Gasteiger partial charge < -0.3 is 10.1 Å². The fraction of sp³-hybridized carbons (Fsp3) is 0.333. The molecule has 1 N–H and O–H groups in total. The lowest BCUT2D eigenvalue weighted by molar-refractivity contribution is 0.0344. The SMILES string of the molecule is Cc1ncccc1C(=O)NC1(c2cccc(F)c2)CCOCC1. The lowest BCUT2D eigenvalue weighted by Gasteiger charge is -2.38. The molecule has 0 atom stereocenters. The number of carbonyl (C=O) groups excluding carboxylic acids is 1. The first-order chi connectivity index (χ1) is 11.1. The van der Waals surface area contributed by atoms with Crippen molar-refractivity contribution in [3.05, 3.63) is 65.2 Å². The molecule has 0 radical (unpaired) electrons. The van der Waals surface area contributed by atoms with Crippen LogP contribution in [0, 0.1) is 12.7 Å². The summed E-state index contributed by atoms with van der Waals surface area (Å²) in [6.07, 6.45) is 2.88. The zero-order chi connectivity index (χ0) is 16.3. The van der Waals surface area contributed by atoms with Crippen molar-refractivity contribution in [1.29, 1.82) is 0 Å². The van der Waals surface area contributed by atoms with Gasteiger partial charge in [-0.1, -0.05) is 12.1 Å². The topological polar surface area (TPSA) is 51.2 Å². The first-order valence-electron chi connectivity index (χ1n) is 7.69. The van der Waals surface area contributed by atoms with Crippen LogP contribution in [0.25, 0.3) is 0 Å². The van der Waals surface area contributed by atoms with Gasteiger partial charge in [-0.3, -0.25) is 9.78 Å². The molecular formula is C18H19FN2O2. The molecule has 0 bridgehead atoms. The number of nitrogens with one attached hydrogen (secondary N) is 1. The van der Waals surface area contributed by atoms with E-state index in [9.17, 15) is 9.18 Å². The van der Waals surface area contributed by atoms with E-state index in [1.54, 1.807) is 31.3 Å². The maximum absolute atomic E-state index is 13.7. The summed E-state index contributed by atoms with van der Waals surface area (Å²) < 4.78 is 19.1. The highest BCUT2D eigenvalue weighted by Gasteiger charge is 2.36. The summed E-state index contributed by atoms with van der Waals surface area (Å²) in [7, 11) is 0. The van der Waals surface area contributed by atoms with Crippen molar-refractivity contribution in [2.45, 2.75) is 25.3 Å². The minimum absolute atomic E-state index is 0.193. The van der Waals surface area contributed by atoms with Crippen molar-refractivity contribution in [2.75, 3.05) is 13.2 Å². The Morgan fingerprint density at radius 2 is 2.04 bits per heavy atom. The molecule has 3 rings (SSSR count). The number of benzene rings is 1. The highest BCUT2D eigenvalue weighted by molar-refractivity contribution is 5.95. The van der Waals surface area contributed by atoms with Crippen LogP contribution in [0.15, 0.2) is 42.6 Å². The van der Waals surface area contributed by atoms with E-state index < -0.39 is 5.54 Å². The quantitative estimate of drug-likeness (QED) is 0.947. The smallest absolute Gasteiger partial charge is 0.253 e. The monoisotopic (exact) mass is 314 g/mol. The minimum Gasteiger partial charge on any atom is -0.381 e. The molecule has 120 valence electrons. The molecule has 1 fully saturated rings. The Labute approximate surface area is 134 Å². The minimum atomic E-state index is -0.611. The Morgan fingerprint density at radius 3 is 2.74 bits per heavy atom. The van der Waals surface area contributed by atoms with Gasteiger partial charge in [-0.2, -0.15) is 0 Å². The van der Waals surface area contributed by atoms with Crippen LogP contribution in [0.3, 0.4) is 0 Å². The Morgan fingerprint density at radius 1 is 1.26 bits per heavy atom. The van der Waals surface area contributed by atoms with Crippen LogP contribution in [-0.4, -0.2) is 24.1 Å². The lowest BCUT2D eigenvalue weighted by Crippen LogP contribution is -2.49. The number of amides is 1. The Bertz CT molecular complexity index is 712. The number of hydrogen-bond acceptors (Lipinski definition) is 3. The average molecular weight is 314 g/mol. The van der Waals surface area contributed by atoms with Crippen LogP contribution in [-0.2, 0) is 10.3 Å². The van der Waals surface area contributed by atoms with Gasteiger partial charge in [-0.25, -0.2) is 4.39 Å². The molecule has 1 aromatic heterocycles. The van der Waals surface area contributed by atoms with Crippen LogP contribution in [0.5, 0.6) is 0 Å². The molecule has 1 aliphatic heterocycles. The van der Waals surface area contributed by atoms with E-state index >= 15 is 0 Å². The highest BCUT2D eigenvalue weighted by Crippen LogP contribution is 2.33. The van der Waals surface area contributed by atoms with E-state index in [-0.39, 0.29) is 11.7 Å². The normalized spacial score (nSPS) is 16.8. The first kappa shape index (κ1) is 15.6. The first-order valence-corrected chi connectivity index (χ1v) is 7.69. The Hall–Kier alpha value is -2.27. The number of aromatic nitrogens is 1. The summed E-state index contributed by atoms with van der Waals surface area (Å²) in [5.41, 5.74) is 1.37. The lowest BCUT2D eigenvalue weighted by atomic mass is 9.82. The molecule has 4 nitrogen and oxygen atoms in total. The summed E-state index contributed by atoms with van der Waals surface area (Å²) in [4.78, 5) is 16.9. The van der Waals surface area contributed by atoms with Crippen molar-refractivity contribution >= 4 is 5.91 Å². The maximum Gasteiger partial charge on any atom is 0.253 e. The van der Waals surface area contributed by atoms with Gasteiger partial charge in [0.15, 0.2) is 0 Å². The number of ether oxygens (including phenoxy) is 1. The summed E-state index contributed by atoms with van der Waals surface area (Å²) in [6.45, 7) is 2.86. The van der Waals surface area contributed by atoms with Gasteiger partial charge >= 0.3 is 0 Å². The van der Waals surface area contributed by atoms with E-state index in [4.69, 9.17) is 4.74 Å². The molecule has 5 heteroatoms. The molecule has 2 aromatic rings. The molecule has 0 saturated carbocycles. The second-order valence-electron chi connectivity index (χ2n) is 5.80. The van der Waals surface area contributed by atoms with Gasteiger partial charge in [0, 0.05) is 25.1 Å². The standard InChI is InChI=1S/C18H19FN2O2/c1-13-16(6-3-9-20-13)17(22)21-18(7-10-23-11-8-18)14-4-2-5-15(19)12-14/h2-6,9,12H,7-8,10-11H2,1H3,(H,21,22). The molecule has 23 heavy (non-hydrogen) atoms. The van der Waals surface area contributed by atoms with E-state index in [1.165, 1.54) is 12.1 Å². The summed E-state index contributed by atoms with van der Waals surface area (Å²) in [5, 5.41) is 3.11. The number of nitrogens with zero attached hydrogens (tertiary/aromatic N) is 1. The molecule has 1 amide bonds. The van der Waals surface area contributed by atoms with Gasteiger partial charge in [0.1, 0.15) is 5.82 Å². The van der Waals surface area contributed by atoms with E-state index in [2.05, 4.69) is 10.3 Å². The number of pyridine rings is 1. The molecule has 0 spiro atoms. The Kier molecular flexibility index (Phi) is 4.39. The van der Waals surface area contributed by atoms with Crippen molar-refractivity contribution in [1.82, 2.24) is 10.3 Å². The van der Waals surface area contributed by atoms with Gasteiger partial charge in [0.25, 0.3) is 5.91 Å². The van der Waals surface area contributed by atoms with Crippen molar-refractivity contribution in [2.24, 2.45) is 0 Å². The van der Waals surface area contributed by atoms with Crippen LogP contribution in [0.4, 0.5) is 4.39 Å². The fourth-order valence-corrected chi connectivity index (χ4v) is 3.00. The number of halogens is 1. The zero-order valence-electron chi connectivity index (χ0n) is 13.0. The van der Waals surface area contributed by atoms with Gasteiger partial charge in [0.05, 0.1) is 11.1 Å². The van der Waals surface area contributed by atoms with Crippen molar-refractivity contribution in [3.8, 4) is 0 Å². The average Bonchev–Trinajstić information content (AvgIpc) is 2.56. The molecule has 1 aromatic carbocycles. The van der Waals surface area contributed by atoms with Crippen molar-refractivity contribution in [3.63, 3.8) is 0 Å². The van der Waals surface area contributed by atoms with Crippen LogP contribution < -0.4 is 5.32 Å². The summed E-state index contributed by atoms with van der Waals surface area (Å²) in [5.74, 6) is -0.498. The van der Waals surface area contributed by atoms with Crippen LogP contribution in [0.2, 0.25) is 0 Å².